The highest BCUT2D eigenvalue weighted by Gasteiger charge is 2.75. The Kier molecular flexibility index (Phi) is 3.80. The molecule has 0 radical (unpaired) electrons. The average molecular weight is 425 g/mol. The van der Waals surface area contributed by atoms with Crippen molar-refractivity contribution in [3.8, 4) is 11.1 Å². The van der Waals surface area contributed by atoms with Gasteiger partial charge in [-0.25, -0.2) is 9.59 Å². The number of aliphatic carboxylic acids is 2. The Morgan fingerprint density at radius 3 is 2.23 bits per heavy atom. The average Bonchev–Trinajstić information content (AvgIpc) is 3.43. The zero-order valence-corrected chi connectivity index (χ0v) is 16.2. The Labute approximate surface area is 180 Å². The lowest BCUT2D eigenvalue weighted by Gasteiger charge is -2.29. The largest absolute Gasteiger partial charge is 0.481 e. The number of hydrogen-bond donors (Lipinski definition) is 4. The van der Waals surface area contributed by atoms with Gasteiger partial charge in [0.05, 0.1) is 13.4 Å². The van der Waals surface area contributed by atoms with Gasteiger partial charge in [-0.1, -0.05) is 48.5 Å². The molecule has 6 atom stereocenters. The van der Waals surface area contributed by atoms with E-state index in [0.29, 0.717) is 0 Å². The predicted molar refractivity (Wildman–Crippen MR) is 107 cm³/mol. The third-order valence-corrected chi connectivity index (χ3v) is 6.55. The minimum atomic E-state index is -2.64. The van der Waals surface area contributed by atoms with Gasteiger partial charge in [0, 0.05) is 25.5 Å². The van der Waals surface area contributed by atoms with Crippen LogP contribution in [0.25, 0.3) is 11.1 Å². The second-order valence-corrected chi connectivity index (χ2v) is 8.11. The standard InChI is InChI=1S/C23H21NO7/c25-16-9-23(21(28)29,19-17(16)18(19)20(26)27)24-22(30)31-10-15-13-7-3-1-5-11(13)12-6-2-4-8-14(12)15/h1-8,15-19,25H,9-10H2,(H,24,30)(H,26,27)(H,28,29)/t16?,17-,18-,19-,23-/m0/s1/i9D,16D/t9?,16?,17-,18-,19-,23-. The Balaban J connectivity index is 1.38. The van der Waals surface area contributed by atoms with E-state index in [1.54, 1.807) is 0 Å². The van der Waals surface area contributed by atoms with E-state index in [2.05, 4.69) is 5.32 Å². The maximum atomic E-state index is 12.7. The van der Waals surface area contributed by atoms with Gasteiger partial charge in [-0.2, -0.15) is 0 Å². The fourth-order valence-electron chi connectivity index (χ4n) is 5.16. The highest BCUT2D eigenvalue weighted by atomic mass is 16.5. The quantitative estimate of drug-likeness (QED) is 0.576. The first-order valence-corrected chi connectivity index (χ1v) is 9.86. The summed E-state index contributed by atoms with van der Waals surface area (Å²) in [5.74, 6) is -7.27. The number of carboxylic acids is 2. The summed E-state index contributed by atoms with van der Waals surface area (Å²) in [4.78, 5) is 36.4. The first kappa shape index (κ1) is 17.3. The molecule has 3 aliphatic rings. The van der Waals surface area contributed by atoms with Crippen LogP contribution < -0.4 is 5.32 Å². The normalized spacial score (nSPS) is 35.8. The van der Waals surface area contributed by atoms with Crippen LogP contribution in [0.5, 0.6) is 0 Å². The predicted octanol–water partition coefficient (Wildman–Crippen LogP) is 2.06. The molecule has 0 saturated heterocycles. The molecule has 4 N–H and O–H groups in total. The maximum Gasteiger partial charge on any atom is 0.408 e. The van der Waals surface area contributed by atoms with Gasteiger partial charge < -0.3 is 25.4 Å². The number of carbonyl (C=O) groups is 3. The Morgan fingerprint density at radius 2 is 1.68 bits per heavy atom. The van der Waals surface area contributed by atoms with Crippen molar-refractivity contribution in [2.24, 2.45) is 17.8 Å². The first-order valence-electron chi connectivity index (χ1n) is 10.9. The molecule has 0 aliphatic heterocycles. The van der Waals surface area contributed by atoms with Gasteiger partial charge in [-0.3, -0.25) is 4.79 Å². The number of alkyl carbamates (subject to hydrolysis) is 1. The zero-order valence-electron chi connectivity index (χ0n) is 18.2. The van der Waals surface area contributed by atoms with E-state index in [1.165, 1.54) is 0 Å². The lowest BCUT2D eigenvalue weighted by molar-refractivity contribution is -0.147. The third kappa shape index (κ3) is 2.82. The van der Waals surface area contributed by atoms with Gasteiger partial charge in [0.1, 0.15) is 12.1 Å². The zero-order chi connectivity index (χ0) is 23.7. The Bertz CT molecular complexity index is 1140. The summed E-state index contributed by atoms with van der Waals surface area (Å²) in [5.41, 5.74) is 1.47. The molecule has 8 nitrogen and oxygen atoms in total. The summed E-state index contributed by atoms with van der Waals surface area (Å²) in [6, 6.07) is 15.3. The van der Waals surface area contributed by atoms with Crippen LogP contribution in [0.2, 0.25) is 0 Å². The number of rotatable bonds is 5. The first-order chi connectivity index (χ1) is 15.6. The van der Waals surface area contributed by atoms with Crippen molar-refractivity contribution < 1.29 is 37.2 Å². The van der Waals surface area contributed by atoms with E-state index < -0.39 is 53.8 Å². The molecule has 0 spiro atoms. The Morgan fingerprint density at radius 1 is 1.10 bits per heavy atom. The SMILES string of the molecule is [2H]C1C([2H])(O)[C@H]2[C@H](C(=O)O)[C@H]2[C@]1(NC(=O)OCC1c2ccccc2-c2ccccc21)C(=O)O. The molecular weight excluding hydrogens is 402 g/mol. The van der Waals surface area contributed by atoms with Crippen LogP contribution >= 0.6 is 0 Å². The van der Waals surface area contributed by atoms with Crippen molar-refractivity contribution in [3.05, 3.63) is 59.7 Å². The van der Waals surface area contributed by atoms with Crippen molar-refractivity contribution >= 4 is 18.0 Å². The topological polar surface area (TPSA) is 133 Å². The van der Waals surface area contributed by atoms with E-state index in [-0.39, 0.29) is 12.5 Å². The number of benzene rings is 2. The number of fused-ring (bicyclic) bond motifs is 4. The summed E-state index contributed by atoms with van der Waals surface area (Å²) in [5, 5.41) is 31.8. The van der Waals surface area contributed by atoms with Gasteiger partial charge in [0.2, 0.25) is 0 Å². The highest BCUT2D eigenvalue weighted by Crippen LogP contribution is 2.62. The summed E-state index contributed by atoms with van der Waals surface area (Å²) >= 11 is 0. The third-order valence-electron chi connectivity index (χ3n) is 6.55. The van der Waals surface area contributed by atoms with Crippen molar-refractivity contribution in [2.45, 2.75) is 23.9 Å². The van der Waals surface area contributed by atoms with Crippen molar-refractivity contribution in [1.29, 1.82) is 0 Å². The number of hydrogen-bond acceptors (Lipinski definition) is 5. The molecule has 1 amide bonds. The Hall–Kier alpha value is -3.39. The van der Waals surface area contributed by atoms with Crippen LogP contribution in [0, 0.1) is 17.8 Å². The van der Waals surface area contributed by atoms with Crippen LogP contribution in [0.1, 0.15) is 26.2 Å². The summed E-state index contributed by atoms with van der Waals surface area (Å²) in [6.07, 6.45) is -5.78. The fourth-order valence-corrected chi connectivity index (χ4v) is 5.16. The number of ether oxygens (including phenoxy) is 1. The van der Waals surface area contributed by atoms with E-state index >= 15 is 0 Å². The molecule has 31 heavy (non-hydrogen) atoms. The molecule has 0 bridgehead atoms. The number of carboxylic acid groups (broad SMARTS) is 2. The van der Waals surface area contributed by atoms with Crippen molar-refractivity contribution in [1.82, 2.24) is 5.32 Å². The maximum absolute atomic E-state index is 12.7. The molecule has 2 aromatic carbocycles. The minimum absolute atomic E-state index is 0.111. The van der Waals surface area contributed by atoms with Crippen LogP contribution in [0.15, 0.2) is 48.5 Å². The van der Waals surface area contributed by atoms with Gasteiger partial charge in [-0.15, -0.1) is 0 Å². The second kappa shape index (κ2) is 6.81. The molecule has 160 valence electrons. The van der Waals surface area contributed by atoms with Gasteiger partial charge >= 0.3 is 18.0 Å². The minimum Gasteiger partial charge on any atom is -0.481 e. The number of amides is 1. The van der Waals surface area contributed by atoms with Crippen LogP contribution in [-0.2, 0) is 14.3 Å². The van der Waals surface area contributed by atoms with Gasteiger partial charge in [0.15, 0.2) is 0 Å². The van der Waals surface area contributed by atoms with Gasteiger partial charge in [0.25, 0.3) is 0 Å². The summed E-state index contributed by atoms with van der Waals surface area (Å²) in [6.45, 7) is -0.111. The number of aliphatic hydroxyl groups is 1. The van der Waals surface area contributed by atoms with Crippen molar-refractivity contribution in [3.63, 3.8) is 0 Å². The molecule has 2 aromatic rings. The summed E-state index contributed by atoms with van der Waals surface area (Å²) in [7, 11) is 0. The molecule has 2 unspecified atom stereocenters. The molecule has 2 fully saturated rings. The van der Waals surface area contributed by atoms with Crippen LogP contribution in [0.3, 0.4) is 0 Å². The van der Waals surface area contributed by atoms with Crippen LogP contribution in [0.4, 0.5) is 4.79 Å². The number of carbonyl (C=O) groups excluding carboxylic acids is 1. The molecule has 5 rings (SSSR count). The van der Waals surface area contributed by atoms with E-state index in [4.69, 9.17) is 7.48 Å². The fraction of sp³-hybridized carbons (Fsp3) is 0.348. The summed E-state index contributed by atoms with van der Waals surface area (Å²) < 4.78 is 21.5. The molecule has 3 aliphatic carbocycles. The monoisotopic (exact) mass is 425 g/mol. The molecule has 0 aromatic heterocycles. The van der Waals surface area contributed by atoms with E-state index in [0.717, 1.165) is 22.3 Å². The molecular formula is C23H21NO7. The van der Waals surface area contributed by atoms with Crippen LogP contribution in [-0.4, -0.2) is 51.6 Å². The van der Waals surface area contributed by atoms with E-state index in [1.807, 2.05) is 48.5 Å². The van der Waals surface area contributed by atoms with Gasteiger partial charge in [-0.05, 0) is 22.3 Å². The molecule has 8 heteroatoms. The lowest BCUT2D eigenvalue weighted by atomic mass is 9.89. The lowest BCUT2D eigenvalue weighted by Crippen LogP contribution is -2.57. The number of nitrogens with one attached hydrogen (secondary N) is 1. The molecule has 2 saturated carbocycles. The van der Waals surface area contributed by atoms with Crippen molar-refractivity contribution in [2.75, 3.05) is 6.61 Å². The second-order valence-electron chi connectivity index (χ2n) is 8.11. The molecule has 0 heterocycles. The highest BCUT2D eigenvalue weighted by molar-refractivity contribution is 5.89. The smallest absolute Gasteiger partial charge is 0.408 e. The van der Waals surface area contributed by atoms with E-state index in [9.17, 15) is 29.7 Å².